The molecule has 0 aliphatic heterocycles. The summed E-state index contributed by atoms with van der Waals surface area (Å²) in [6.45, 7) is 8.29. The molecule has 3 heteroatoms. The number of benzene rings is 1. The van der Waals surface area contributed by atoms with Crippen molar-refractivity contribution in [3.8, 4) is 0 Å². The molecule has 0 radical (unpaired) electrons. The Balaban J connectivity index is 1.93. The quantitative estimate of drug-likeness (QED) is 0.872. The Morgan fingerprint density at radius 3 is 2.53 bits per heavy atom. The molecule has 0 aromatic heterocycles. The molecule has 1 aliphatic carbocycles. The van der Waals surface area contributed by atoms with Crippen molar-refractivity contribution in [1.82, 2.24) is 5.32 Å². The van der Waals surface area contributed by atoms with Crippen LogP contribution < -0.4 is 11.1 Å². The van der Waals surface area contributed by atoms with Crippen molar-refractivity contribution in [1.29, 1.82) is 0 Å². The van der Waals surface area contributed by atoms with Crippen LogP contribution in [0, 0.1) is 5.41 Å². The highest BCUT2D eigenvalue weighted by molar-refractivity contribution is 5.83. The molecule has 0 bridgehead atoms. The van der Waals surface area contributed by atoms with Gasteiger partial charge in [0.05, 0.1) is 5.41 Å². The Morgan fingerprint density at radius 2 is 1.95 bits per heavy atom. The van der Waals surface area contributed by atoms with E-state index in [1.807, 2.05) is 27.7 Å². The normalized spacial score (nSPS) is 18.5. The summed E-state index contributed by atoms with van der Waals surface area (Å²) in [5, 5.41) is 3.05. The Labute approximate surface area is 115 Å². The average Bonchev–Trinajstić information content (AvgIpc) is 2.28. The monoisotopic (exact) mass is 260 g/mol. The maximum absolute atomic E-state index is 12.3. The lowest BCUT2D eigenvalue weighted by Crippen LogP contribution is -2.56. The van der Waals surface area contributed by atoms with E-state index >= 15 is 0 Å². The van der Waals surface area contributed by atoms with Crippen molar-refractivity contribution in [2.75, 3.05) is 6.54 Å². The fraction of sp³-hybridized carbons (Fsp3) is 0.562. The Morgan fingerprint density at radius 1 is 1.32 bits per heavy atom. The summed E-state index contributed by atoms with van der Waals surface area (Å²) in [5.74, 6) is 0.487. The summed E-state index contributed by atoms with van der Waals surface area (Å²) < 4.78 is 0. The van der Waals surface area contributed by atoms with Gasteiger partial charge in [0.15, 0.2) is 0 Å². The van der Waals surface area contributed by atoms with E-state index in [0.29, 0.717) is 12.5 Å². The molecule has 19 heavy (non-hydrogen) atoms. The van der Waals surface area contributed by atoms with Crippen molar-refractivity contribution in [2.45, 2.75) is 45.6 Å². The smallest absolute Gasteiger partial charge is 0.227 e. The van der Waals surface area contributed by atoms with E-state index in [-0.39, 0.29) is 5.91 Å². The first-order chi connectivity index (χ1) is 8.73. The van der Waals surface area contributed by atoms with Gasteiger partial charge < -0.3 is 11.1 Å². The third-order valence-electron chi connectivity index (χ3n) is 4.65. The summed E-state index contributed by atoms with van der Waals surface area (Å²) in [4.78, 5) is 12.3. The zero-order chi connectivity index (χ0) is 14.3. The number of nitrogens with two attached hydrogens (primary N) is 1. The summed E-state index contributed by atoms with van der Waals surface area (Å²) >= 11 is 0. The molecule has 3 N–H and O–H groups in total. The maximum Gasteiger partial charge on any atom is 0.227 e. The maximum atomic E-state index is 12.3. The van der Waals surface area contributed by atoms with Gasteiger partial charge in [-0.05, 0) is 45.2 Å². The molecule has 0 saturated carbocycles. The van der Waals surface area contributed by atoms with Gasteiger partial charge in [0.25, 0.3) is 0 Å². The van der Waals surface area contributed by atoms with Crippen LogP contribution in [0.4, 0.5) is 0 Å². The number of rotatable bonds is 4. The molecule has 1 atom stereocenters. The van der Waals surface area contributed by atoms with Crippen LogP contribution in [0.15, 0.2) is 24.3 Å². The van der Waals surface area contributed by atoms with E-state index in [1.165, 1.54) is 11.1 Å². The number of hydrogen-bond acceptors (Lipinski definition) is 2. The highest BCUT2D eigenvalue weighted by Crippen LogP contribution is 2.34. The lowest BCUT2D eigenvalue weighted by molar-refractivity contribution is -0.132. The van der Waals surface area contributed by atoms with Crippen LogP contribution in [0.1, 0.15) is 44.7 Å². The third kappa shape index (κ3) is 2.52. The van der Waals surface area contributed by atoms with Gasteiger partial charge in [-0.3, -0.25) is 4.79 Å². The molecular weight excluding hydrogens is 236 g/mol. The van der Waals surface area contributed by atoms with Gasteiger partial charge in [-0.15, -0.1) is 0 Å². The number of carbonyl (C=O) groups is 1. The molecule has 104 valence electrons. The van der Waals surface area contributed by atoms with Gasteiger partial charge >= 0.3 is 0 Å². The molecule has 0 heterocycles. The van der Waals surface area contributed by atoms with Gasteiger partial charge in [-0.2, -0.15) is 0 Å². The fourth-order valence-corrected chi connectivity index (χ4v) is 2.27. The van der Waals surface area contributed by atoms with Gasteiger partial charge in [-0.25, -0.2) is 0 Å². The molecule has 0 spiro atoms. The van der Waals surface area contributed by atoms with E-state index in [2.05, 4.69) is 29.6 Å². The van der Waals surface area contributed by atoms with Crippen LogP contribution in [0.2, 0.25) is 0 Å². The zero-order valence-electron chi connectivity index (χ0n) is 12.3. The molecule has 3 nitrogen and oxygen atoms in total. The van der Waals surface area contributed by atoms with Crippen molar-refractivity contribution in [3.05, 3.63) is 35.4 Å². The first-order valence-electron chi connectivity index (χ1n) is 6.88. The number of hydrogen-bond donors (Lipinski definition) is 2. The summed E-state index contributed by atoms with van der Waals surface area (Å²) in [6.07, 6.45) is 1.06. The van der Waals surface area contributed by atoms with Gasteiger partial charge in [0.1, 0.15) is 0 Å². The SMILES string of the molecule is CC(C)(N)C(C)(C)C(=O)NCC1Cc2ccccc21. The molecule has 2 rings (SSSR count). The second-order valence-corrected chi connectivity index (χ2v) is 6.66. The van der Waals surface area contributed by atoms with Gasteiger partial charge in [0, 0.05) is 18.0 Å². The fourth-order valence-electron chi connectivity index (χ4n) is 2.27. The van der Waals surface area contributed by atoms with E-state index in [1.54, 1.807) is 0 Å². The lowest BCUT2D eigenvalue weighted by atomic mass is 9.74. The van der Waals surface area contributed by atoms with Crippen molar-refractivity contribution >= 4 is 5.91 Å². The topological polar surface area (TPSA) is 55.1 Å². The minimum absolute atomic E-state index is 0.0318. The molecule has 1 unspecified atom stereocenters. The largest absolute Gasteiger partial charge is 0.355 e. The van der Waals surface area contributed by atoms with Crippen LogP contribution in [0.25, 0.3) is 0 Å². The van der Waals surface area contributed by atoms with Gasteiger partial charge in [0.2, 0.25) is 5.91 Å². The van der Waals surface area contributed by atoms with E-state index < -0.39 is 11.0 Å². The zero-order valence-corrected chi connectivity index (χ0v) is 12.3. The number of amides is 1. The first kappa shape index (κ1) is 14.1. The predicted molar refractivity (Wildman–Crippen MR) is 77.9 cm³/mol. The van der Waals surface area contributed by atoms with Crippen molar-refractivity contribution in [3.63, 3.8) is 0 Å². The van der Waals surface area contributed by atoms with Crippen LogP contribution >= 0.6 is 0 Å². The van der Waals surface area contributed by atoms with Gasteiger partial charge in [-0.1, -0.05) is 24.3 Å². The standard InChI is InChI=1S/C16H24N2O/c1-15(2,16(3,4)17)14(19)18-10-12-9-11-7-5-6-8-13(11)12/h5-8,12H,9-10,17H2,1-4H3,(H,18,19). The molecular formula is C16H24N2O. The Hall–Kier alpha value is -1.35. The number of fused-ring (bicyclic) bond motifs is 1. The summed E-state index contributed by atoms with van der Waals surface area (Å²) in [6, 6.07) is 8.42. The van der Waals surface area contributed by atoms with Crippen molar-refractivity contribution in [2.24, 2.45) is 11.1 Å². The molecule has 1 aromatic carbocycles. The minimum atomic E-state index is -0.573. The first-order valence-corrected chi connectivity index (χ1v) is 6.88. The van der Waals surface area contributed by atoms with E-state index in [0.717, 1.165) is 6.42 Å². The molecule has 1 aliphatic rings. The second-order valence-electron chi connectivity index (χ2n) is 6.66. The van der Waals surface area contributed by atoms with Crippen LogP contribution in [0.3, 0.4) is 0 Å². The van der Waals surface area contributed by atoms with E-state index in [4.69, 9.17) is 5.73 Å². The summed E-state index contributed by atoms with van der Waals surface area (Å²) in [5.41, 5.74) is 7.75. The Kier molecular flexibility index (Phi) is 3.43. The van der Waals surface area contributed by atoms with Crippen LogP contribution in [-0.2, 0) is 11.2 Å². The lowest BCUT2D eigenvalue weighted by Gasteiger charge is -2.38. The predicted octanol–water partition coefficient (Wildman–Crippen LogP) is 2.21. The number of carbonyl (C=O) groups excluding carboxylic acids is 1. The molecule has 1 amide bonds. The number of nitrogens with one attached hydrogen (secondary N) is 1. The van der Waals surface area contributed by atoms with Crippen molar-refractivity contribution < 1.29 is 4.79 Å². The Bertz CT molecular complexity index is 486. The highest BCUT2D eigenvalue weighted by atomic mass is 16.2. The highest BCUT2D eigenvalue weighted by Gasteiger charge is 2.40. The van der Waals surface area contributed by atoms with Crippen LogP contribution in [-0.4, -0.2) is 18.0 Å². The molecule has 0 saturated heterocycles. The van der Waals surface area contributed by atoms with Crippen LogP contribution in [0.5, 0.6) is 0 Å². The van der Waals surface area contributed by atoms with E-state index in [9.17, 15) is 4.79 Å². The average molecular weight is 260 g/mol. The molecule has 1 aromatic rings. The molecule has 0 fully saturated rings. The summed E-state index contributed by atoms with van der Waals surface area (Å²) in [7, 11) is 0. The minimum Gasteiger partial charge on any atom is -0.355 e. The second kappa shape index (κ2) is 4.64. The third-order valence-corrected chi connectivity index (χ3v) is 4.65.